The van der Waals surface area contributed by atoms with Crippen LogP contribution in [0.25, 0.3) is 0 Å². The molecule has 0 radical (unpaired) electrons. The highest BCUT2D eigenvalue weighted by molar-refractivity contribution is 5.74. The second-order valence-corrected chi connectivity index (χ2v) is 6.33. The number of carboxylic acid groups (broad SMARTS) is 1. The van der Waals surface area contributed by atoms with Gasteiger partial charge in [0.2, 0.25) is 0 Å². The summed E-state index contributed by atoms with van der Waals surface area (Å²) in [4.78, 5) is 24.9. The Hall–Kier alpha value is -2.04. The SMILES string of the molecule is CC(C)(C)OC(=O)N1C[C@H](C(=O)[O-])[C@H](c2ccccc2)C1. The number of carbonyl (C=O) groups excluding carboxylic acids is 2. The lowest BCUT2D eigenvalue weighted by atomic mass is 9.89. The van der Waals surface area contributed by atoms with E-state index in [1.807, 2.05) is 30.3 Å². The quantitative estimate of drug-likeness (QED) is 0.825. The zero-order valence-corrected chi connectivity index (χ0v) is 12.5. The van der Waals surface area contributed by atoms with Gasteiger partial charge < -0.3 is 19.5 Å². The van der Waals surface area contributed by atoms with Crippen LogP contribution >= 0.6 is 0 Å². The van der Waals surface area contributed by atoms with Crippen molar-refractivity contribution in [1.29, 1.82) is 0 Å². The second-order valence-electron chi connectivity index (χ2n) is 6.33. The van der Waals surface area contributed by atoms with Gasteiger partial charge in [-0.25, -0.2) is 4.79 Å². The summed E-state index contributed by atoms with van der Waals surface area (Å²) in [5, 5.41) is 11.3. The first-order valence-corrected chi connectivity index (χ1v) is 7.01. The van der Waals surface area contributed by atoms with Crippen LogP contribution in [0.2, 0.25) is 0 Å². The maximum atomic E-state index is 12.1. The third-order valence-electron chi connectivity index (χ3n) is 3.50. The van der Waals surface area contributed by atoms with Crippen molar-refractivity contribution in [2.45, 2.75) is 32.3 Å². The molecule has 0 unspecified atom stereocenters. The van der Waals surface area contributed by atoms with E-state index < -0.39 is 23.6 Å². The average Bonchev–Trinajstić information content (AvgIpc) is 2.83. The number of rotatable bonds is 2. The Balaban J connectivity index is 2.16. The lowest BCUT2D eigenvalue weighted by Crippen LogP contribution is -2.38. The summed E-state index contributed by atoms with van der Waals surface area (Å²) in [6.45, 7) is 5.80. The standard InChI is InChI=1S/C16H21NO4/c1-16(2,3)21-15(20)17-9-12(13(10-17)14(18)19)11-7-5-4-6-8-11/h4-8,12-13H,9-10H2,1-3H3,(H,18,19)/p-1/t12-,13-/m0/s1. The summed E-state index contributed by atoms with van der Waals surface area (Å²) in [7, 11) is 0. The first-order valence-electron chi connectivity index (χ1n) is 7.01. The molecule has 5 nitrogen and oxygen atoms in total. The molecule has 0 spiro atoms. The molecule has 2 atom stereocenters. The monoisotopic (exact) mass is 290 g/mol. The predicted octanol–water partition coefficient (Wildman–Crippen LogP) is 1.39. The molecule has 1 saturated heterocycles. The van der Waals surface area contributed by atoms with E-state index in [4.69, 9.17) is 4.74 Å². The molecule has 2 rings (SSSR count). The van der Waals surface area contributed by atoms with E-state index in [0.717, 1.165) is 5.56 Å². The number of hydrogen-bond acceptors (Lipinski definition) is 4. The maximum Gasteiger partial charge on any atom is 0.410 e. The number of ether oxygens (including phenoxy) is 1. The number of carboxylic acids is 1. The van der Waals surface area contributed by atoms with Gasteiger partial charge in [0.15, 0.2) is 0 Å². The van der Waals surface area contributed by atoms with E-state index in [1.165, 1.54) is 4.90 Å². The Bertz CT molecular complexity index is 521. The summed E-state index contributed by atoms with van der Waals surface area (Å²) >= 11 is 0. The Kier molecular flexibility index (Phi) is 4.21. The van der Waals surface area contributed by atoms with Gasteiger partial charge in [0, 0.05) is 30.9 Å². The summed E-state index contributed by atoms with van der Waals surface area (Å²) in [6, 6.07) is 9.34. The van der Waals surface area contributed by atoms with Crippen LogP contribution in [0.4, 0.5) is 4.79 Å². The topological polar surface area (TPSA) is 69.7 Å². The third-order valence-corrected chi connectivity index (χ3v) is 3.50. The number of benzene rings is 1. The Morgan fingerprint density at radius 3 is 2.33 bits per heavy atom. The van der Waals surface area contributed by atoms with E-state index in [1.54, 1.807) is 20.8 Å². The molecule has 0 bridgehead atoms. The number of likely N-dealkylation sites (tertiary alicyclic amines) is 1. The summed E-state index contributed by atoms with van der Waals surface area (Å²) in [5.74, 6) is -2.10. The molecule has 1 fully saturated rings. The zero-order valence-electron chi connectivity index (χ0n) is 12.5. The Morgan fingerprint density at radius 1 is 1.19 bits per heavy atom. The fraction of sp³-hybridized carbons (Fsp3) is 0.500. The van der Waals surface area contributed by atoms with Crippen molar-refractivity contribution >= 4 is 12.1 Å². The number of nitrogens with zero attached hydrogens (tertiary/aromatic N) is 1. The molecular weight excluding hydrogens is 270 g/mol. The summed E-state index contributed by atoms with van der Waals surface area (Å²) in [6.07, 6.45) is -0.479. The average molecular weight is 290 g/mol. The molecule has 1 aromatic rings. The van der Waals surface area contributed by atoms with Crippen molar-refractivity contribution < 1.29 is 19.4 Å². The first-order chi connectivity index (χ1) is 9.78. The smallest absolute Gasteiger partial charge is 0.410 e. The summed E-state index contributed by atoms with van der Waals surface area (Å²) < 4.78 is 5.31. The minimum Gasteiger partial charge on any atom is -0.550 e. The maximum absolute atomic E-state index is 12.1. The highest BCUT2D eigenvalue weighted by atomic mass is 16.6. The molecule has 114 valence electrons. The van der Waals surface area contributed by atoms with Gasteiger partial charge in [-0.05, 0) is 26.3 Å². The fourth-order valence-corrected chi connectivity index (χ4v) is 2.56. The molecule has 1 aliphatic rings. The molecular formula is C16H20NO4-. The van der Waals surface area contributed by atoms with Crippen LogP contribution in [0.3, 0.4) is 0 Å². The van der Waals surface area contributed by atoms with Crippen molar-refractivity contribution in [3.8, 4) is 0 Å². The third kappa shape index (κ3) is 3.74. The van der Waals surface area contributed by atoms with Crippen molar-refractivity contribution in [3.63, 3.8) is 0 Å². The molecule has 0 saturated carbocycles. The van der Waals surface area contributed by atoms with Crippen LogP contribution in [0.15, 0.2) is 30.3 Å². The Morgan fingerprint density at radius 2 is 1.81 bits per heavy atom. The predicted molar refractivity (Wildman–Crippen MR) is 75.5 cm³/mol. The van der Waals surface area contributed by atoms with E-state index in [-0.39, 0.29) is 12.5 Å². The second kappa shape index (κ2) is 5.76. The molecule has 1 heterocycles. The highest BCUT2D eigenvalue weighted by Gasteiger charge is 2.38. The molecule has 0 N–H and O–H groups in total. The minimum atomic E-state index is -1.13. The number of carbonyl (C=O) groups is 2. The molecule has 1 amide bonds. The van der Waals surface area contributed by atoms with Gasteiger partial charge >= 0.3 is 6.09 Å². The number of hydrogen-bond donors (Lipinski definition) is 0. The van der Waals surface area contributed by atoms with Gasteiger partial charge in [0.25, 0.3) is 0 Å². The van der Waals surface area contributed by atoms with Crippen molar-refractivity contribution in [3.05, 3.63) is 35.9 Å². The minimum absolute atomic E-state index is 0.122. The van der Waals surface area contributed by atoms with Crippen molar-refractivity contribution in [2.75, 3.05) is 13.1 Å². The van der Waals surface area contributed by atoms with E-state index in [9.17, 15) is 14.7 Å². The van der Waals surface area contributed by atoms with Crippen LogP contribution in [0.5, 0.6) is 0 Å². The largest absolute Gasteiger partial charge is 0.550 e. The van der Waals surface area contributed by atoms with E-state index in [2.05, 4.69) is 0 Å². The fourth-order valence-electron chi connectivity index (χ4n) is 2.56. The van der Waals surface area contributed by atoms with Gasteiger partial charge in [-0.1, -0.05) is 30.3 Å². The highest BCUT2D eigenvalue weighted by Crippen LogP contribution is 2.33. The number of aliphatic carboxylic acids is 1. The van der Waals surface area contributed by atoms with Crippen LogP contribution in [0, 0.1) is 5.92 Å². The van der Waals surface area contributed by atoms with Gasteiger partial charge in [0.1, 0.15) is 5.60 Å². The first kappa shape index (κ1) is 15.4. The Labute approximate surface area is 124 Å². The van der Waals surface area contributed by atoms with E-state index >= 15 is 0 Å². The lowest BCUT2D eigenvalue weighted by Gasteiger charge is -2.24. The van der Waals surface area contributed by atoms with Crippen LogP contribution in [-0.2, 0) is 9.53 Å². The van der Waals surface area contributed by atoms with E-state index in [0.29, 0.717) is 6.54 Å². The van der Waals surface area contributed by atoms with Crippen molar-refractivity contribution in [1.82, 2.24) is 4.90 Å². The van der Waals surface area contributed by atoms with Crippen LogP contribution in [-0.4, -0.2) is 35.7 Å². The molecule has 1 aliphatic heterocycles. The van der Waals surface area contributed by atoms with Gasteiger partial charge in [-0.3, -0.25) is 0 Å². The molecule has 0 aliphatic carbocycles. The molecule has 0 aromatic heterocycles. The zero-order chi connectivity index (χ0) is 15.6. The van der Waals surface area contributed by atoms with Gasteiger partial charge in [-0.15, -0.1) is 0 Å². The molecule has 5 heteroatoms. The van der Waals surface area contributed by atoms with Crippen LogP contribution in [0.1, 0.15) is 32.3 Å². The van der Waals surface area contributed by atoms with Gasteiger partial charge in [-0.2, -0.15) is 0 Å². The molecule has 21 heavy (non-hydrogen) atoms. The van der Waals surface area contributed by atoms with Gasteiger partial charge in [0.05, 0.1) is 0 Å². The lowest BCUT2D eigenvalue weighted by molar-refractivity contribution is -0.311. The summed E-state index contributed by atoms with van der Waals surface area (Å²) in [5.41, 5.74) is 0.302. The number of amides is 1. The van der Waals surface area contributed by atoms with Crippen molar-refractivity contribution in [2.24, 2.45) is 5.92 Å². The van der Waals surface area contributed by atoms with Crippen LogP contribution < -0.4 is 5.11 Å². The molecule has 1 aromatic carbocycles. The normalized spacial score (nSPS) is 22.1.